The van der Waals surface area contributed by atoms with Crippen LogP contribution in [0.15, 0.2) is 18.5 Å². The number of nitrogens with zero attached hydrogens (tertiary/aromatic N) is 2. The number of imidazole rings is 1. The molecule has 17 heavy (non-hydrogen) atoms. The summed E-state index contributed by atoms with van der Waals surface area (Å²) < 4.78 is 5.00. The number of H-pyrrole nitrogens is 1. The highest BCUT2D eigenvalue weighted by atomic mass is 16.5. The van der Waals surface area contributed by atoms with Gasteiger partial charge in [-0.05, 0) is 19.4 Å². The van der Waals surface area contributed by atoms with Crippen molar-refractivity contribution in [1.82, 2.24) is 15.0 Å². The maximum Gasteiger partial charge on any atom is 0.309 e. The second-order valence-corrected chi connectivity index (χ2v) is 4.22. The highest BCUT2D eigenvalue weighted by Gasteiger charge is 2.47. The number of aromatic amines is 1. The van der Waals surface area contributed by atoms with E-state index in [9.17, 15) is 4.79 Å². The van der Waals surface area contributed by atoms with Gasteiger partial charge < -0.3 is 9.72 Å². The highest BCUT2D eigenvalue weighted by molar-refractivity contribution is 5.78. The number of esters is 1. The normalized spacial score (nSPS) is 22.6. The van der Waals surface area contributed by atoms with Crippen molar-refractivity contribution < 1.29 is 9.53 Å². The van der Waals surface area contributed by atoms with E-state index in [0.717, 1.165) is 23.3 Å². The van der Waals surface area contributed by atoms with E-state index in [1.54, 1.807) is 12.4 Å². The lowest BCUT2D eigenvalue weighted by Crippen LogP contribution is -2.07. The van der Waals surface area contributed by atoms with Crippen LogP contribution in [0.25, 0.3) is 11.0 Å². The molecule has 0 amide bonds. The molecular formula is C12H13N3O2. The number of hydrogen-bond acceptors (Lipinski definition) is 4. The van der Waals surface area contributed by atoms with Gasteiger partial charge in [0, 0.05) is 12.1 Å². The molecule has 1 saturated carbocycles. The molecule has 2 atom stereocenters. The molecule has 0 aromatic carbocycles. The Balaban J connectivity index is 1.80. The largest absolute Gasteiger partial charge is 0.466 e. The standard InChI is InChI=1S/C12H13N3O2/c1-2-17-12(16)8-5-7(8)11-14-9-3-4-13-6-10(9)15-11/h3-4,6-8H,2,5H2,1H3,(H,14,15). The molecule has 5 nitrogen and oxygen atoms in total. The number of hydrogen-bond donors (Lipinski definition) is 1. The van der Waals surface area contributed by atoms with E-state index in [1.165, 1.54) is 0 Å². The predicted octanol–water partition coefficient (Wildman–Crippen LogP) is 1.62. The molecule has 2 unspecified atom stereocenters. The van der Waals surface area contributed by atoms with Gasteiger partial charge in [-0.25, -0.2) is 4.98 Å². The van der Waals surface area contributed by atoms with Gasteiger partial charge in [-0.2, -0.15) is 0 Å². The van der Waals surface area contributed by atoms with Crippen molar-refractivity contribution in [2.75, 3.05) is 6.61 Å². The number of carbonyl (C=O) groups is 1. The molecule has 0 spiro atoms. The van der Waals surface area contributed by atoms with Gasteiger partial charge in [0.2, 0.25) is 0 Å². The third kappa shape index (κ3) is 1.77. The molecule has 0 radical (unpaired) electrons. The third-order valence-electron chi connectivity index (χ3n) is 3.03. The number of carbonyl (C=O) groups excluding carboxylic acids is 1. The lowest BCUT2D eigenvalue weighted by molar-refractivity contribution is -0.144. The molecule has 1 aliphatic carbocycles. The first kappa shape index (κ1) is 10.3. The molecule has 5 heteroatoms. The van der Waals surface area contributed by atoms with Crippen LogP contribution < -0.4 is 0 Å². The highest BCUT2D eigenvalue weighted by Crippen LogP contribution is 2.47. The quantitative estimate of drug-likeness (QED) is 0.815. The third-order valence-corrected chi connectivity index (χ3v) is 3.03. The van der Waals surface area contributed by atoms with Crippen molar-refractivity contribution in [1.29, 1.82) is 0 Å². The Morgan fingerprint density at radius 2 is 2.53 bits per heavy atom. The first-order chi connectivity index (χ1) is 8.29. The minimum atomic E-state index is -0.115. The van der Waals surface area contributed by atoms with Crippen LogP contribution >= 0.6 is 0 Å². The zero-order valence-electron chi connectivity index (χ0n) is 9.51. The summed E-state index contributed by atoms with van der Waals surface area (Å²) in [6.45, 7) is 2.26. The number of ether oxygens (including phenoxy) is 1. The topological polar surface area (TPSA) is 67.9 Å². The fourth-order valence-corrected chi connectivity index (χ4v) is 2.06. The van der Waals surface area contributed by atoms with Gasteiger partial charge in [0.25, 0.3) is 0 Å². The van der Waals surface area contributed by atoms with Gasteiger partial charge in [-0.15, -0.1) is 0 Å². The van der Waals surface area contributed by atoms with E-state index in [4.69, 9.17) is 4.74 Å². The van der Waals surface area contributed by atoms with Crippen LogP contribution in [-0.4, -0.2) is 27.5 Å². The number of nitrogens with one attached hydrogen (secondary N) is 1. The second-order valence-electron chi connectivity index (χ2n) is 4.22. The average Bonchev–Trinajstić information content (AvgIpc) is 3.02. The lowest BCUT2D eigenvalue weighted by Gasteiger charge is -1.98. The zero-order valence-corrected chi connectivity index (χ0v) is 9.51. The fraction of sp³-hybridized carbons (Fsp3) is 0.417. The molecule has 0 bridgehead atoms. The van der Waals surface area contributed by atoms with Crippen LogP contribution in [0.5, 0.6) is 0 Å². The fourth-order valence-electron chi connectivity index (χ4n) is 2.06. The summed E-state index contributed by atoms with van der Waals surface area (Å²) in [5.74, 6) is 0.909. The van der Waals surface area contributed by atoms with Gasteiger partial charge in [0.1, 0.15) is 11.3 Å². The van der Waals surface area contributed by atoms with Crippen LogP contribution in [0, 0.1) is 5.92 Å². The van der Waals surface area contributed by atoms with Crippen LogP contribution in [0.1, 0.15) is 25.1 Å². The Labute approximate surface area is 98.2 Å². The number of rotatable bonds is 3. The maximum absolute atomic E-state index is 11.5. The van der Waals surface area contributed by atoms with E-state index in [0.29, 0.717) is 6.61 Å². The van der Waals surface area contributed by atoms with Gasteiger partial charge in [-0.1, -0.05) is 0 Å². The van der Waals surface area contributed by atoms with E-state index < -0.39 is 0 Å². The van der Waals surface area contributed by atoms with E-state index in [1.807, 2.05) is 13.0 Å². The predicted molar refractivity (Wildman–Crippen MR) is 61.4 cm³/mol. The summed E-state index contributed by atoms with van der Waals surface area (Å²) >= 11 is 0. The minimum Gasteiger partial charge on any atom is -0.466 e. The smallest absolute Gasteiger partial charge is 0.309 e. The molecule has 2 aromatic rings. The molecule has 3 rings (SSSR count). The van der Waals surface area contributed by atoms with Crippen LogP contribution in [-0.2, 0) is 9.53 Å². The Bertz CT molecular complexity index is 531. The van der Waals surface area contributed by atoms with Gasteiger partial charge in [0.15, 0.2) is 0 Å². The van der Waals surface area contributed by atoms with Crippen molar-refractivity contribution in [3.8, 4) is 0 Å². The number of fused-ring (bicyclic) bond motifs is 1. The van der Waals surface area contributed by atoms with Gasteiger partial charge in [0.05, 0.1) is 24.2 Å². The average molecular weight is 231 g/mol. The molecule has 1 aliphatic rings. The summed E-state index contributed by atoms with van der Waals surface area (Å²) in [4.78, 5) is 23.2. The van der Waals surface area contributed by atoms with E-state index in [2.05, 4.69) is 15.0 Å². The summed E-state index contributed by atoms with van der Waals surface area (Å²) in [6, 6.07) is 1.88. The molecule has 1 N–H and O–H groups in total. The lowest BCUT2D eigenvalue weighted by atomic mass is 10.3. The first-order valence-electron chi connectivity index (χ1n) is 5.76. The molecule has 1 fully saturated rings. The molecule has 0 saturated heterocycles. The molecule has 0 aliphatic heterocycles. The van der Waals surface area contributed by atoms with Crippen LogP contribution in [0.4, 0.5) is 0 Å². The van der Waals surface area contributed by atoms with E-state index >= 15 is 0 Å². The van der Waals surface area contributed by atoms with Gasteiger partial charge >= 0.3 is 5.97 Å². The summed E-state index contributed by atoms with van der Waals surface area (Å²) in [6.07, 6.45) is 4.27. The monoisotopic (exact) mass is 231 g/mol. The molecule has 88 valence electrons. The SMILES string of the molecule is CCOC(=O)C1CC1c1nc2cnccc2[nH]1. The van der Waals surface area contributed by atoms with Crippen molar-refractivity contribution in [3.63, 3.8) is 0 Å². The van der Waals surface area contributed by atoms with Gasteiger partial charge in [-0.3, -0.25) is 9.78 Å². The van der Waals surface area contributed by atoms with Crippen LogP contribution in [0.3, 0.4) is 0 Å². The Kier molecular flexibility index (Phi) is 2.31. The van der Waals surface area contributed by atoms with E-state index in [-0.39, 0.29) is 17.8 Å². The molecule has 2 heterocycles. The van der Waals surface area contributed by atoms with Crippen molar-refractivity contribution in [3.05, 3.63) is 24.3 Å². The molecular weight excluding hydrogens is 218 g/mol. The van der Waals surface area contributed by atoms with Crippen molar-refractivity contribution >= 4 is 17.0 Å². The Hall–Kier alpha value is -1.91. The minimum absolute atomic E-state index is 0.0246. The maximum atomic E-state index is 11.5. The zero-order chi connectivity index (χ0) is 11.8. The summed E-state index contributed by atoms with van der Waals surface area (Å²) in [5, 5.41) is 0. The first-order valence-corrected chi connectivity index (χ1v) is 5.76. The second kappa shape index (κ2) is 3.84. The van der Waals surface area contributed by atoms with Crippen molar-refractivity contribution in [2.45, 2.75) is 19.3 Å². The molecule has 2 aromatic heterocycles. The summed E-state index contributed by atoms with van der Waals surface area (Å²) in [5.41, 5.74) is 1.81. The number of pyridine rings is 1. The van der Waals surface area contributed by atoms with Crippen LogP contribution in [0.2, 0.25) is 0 Å². The summed E-state index contributed by atoms with van der Waals surface area (Å²) in [7, 11) is 0. The Morgan fingerprint density at radius 3 is 3.29 bits per heavy atom. The van der Waals surface area contributed by atoms with Crippen molar-refractivity contribution in [2.24, 2.45) is 5.92 Å². The number of aromatic nitrogens is 3. The Morgan fingerprint density at radius 1 is 1.65 bits per heavy atom.